The molecule has 1 aromatic heterocycles. The van der Waals surface area contributed by atoms with Crippen LogP contribution in [0.4, 0.5) is 0 Å². The van der Waals surface area contributed by atoms with Crippen LogP contribution < -0.4 is 4.74 Å². The lowest BCUT2D eigenvalue weighted by Crippen LogP contribution is -2.12. The monoisotopic (exact) mass is 511 g/mol. The summed E-state index contributed by atoms with van der Waals surface area (Å²) < 4.78 is 8.13. The van der Waals surface area contributed by atoms with E-state index >= 15 is 0 Å². The van der Waals surface area contributed by atoms with Gasteiger partial charge in [0.05, 0.1) is 6.61 Å². The van der Waals surface area contributed by atoms with Crippen LogP contribution >= 0.6 is 0 Å². The highest BCUT2D eigenvalue weighted by Gasteiger charge is 2.23. The Bertz CT molecular complexity index is 1760. The van der Waals surface area contributed by atoms with Gasteiger partial charge in [-0.2, -0.15) is 0 Å². The summed E-state index contributed by atoms with van der Waals surface area (Å²) in [6.45, 7) is 0.975. The molecular weight excluding hydrogens is 482 g/mol. The zero-order valence-corrected chi connectivity index (χ0v) is 21.6. The Balaban J connectivity index is 1.31. The summed E-state index contributed by atoms with van der Waals surface area (Å²) in [6, 6.07) is 40.7. The first-order valence-corrected chi connectivity index (χ1v) is 13.3. The van der Waals surface area contributed by atoms with Gasteiger partial charge in [-0.15, -0.1) is 0 Å². The second-order valence-electron chi connectivity index (χ2n) is 9.69. The van der Waals surface area contributed by atoms with Crippen LogP contribution in [0.1, 0.15) is 28.0 Å². The molecule has 6 rings (SSSR count). The minimum atomic E-state index is -0.909. The summed E-state index contributed by atoms with van der Waals surface area (Å²) in [6.07, 6.45) is 1.32. The summed E-state index contributed by atoms with van der Waals surface area (Å²) in [5, 5.41) is 13.6. The molecule has 0 radical (unpaired) electrons. The molecule has 0 aliphatic rings. The van der Waals surface area contributed by atoms with E-state index in [1.807, 2.05) is 83.4 Å². The second-order valence-corrected chi connectivity index (χ2v) is 9.69. The average molecular weight is 512 g/mol. The largest absolute Gasteiger partial charge is 0.493 e. The van der Waals surface area contributed by atoms with Gasteiger partial charge in [0.1, 0.15) is 11.4 Å². The highest BCUT2D eigenvalue weighted by Crippen LogP contribution is 2.32. The molecule has 0 aliphatic heterocycles. The third-order valence-corrected chi connectivity index (χ3v) is 7.29. The fraction of sp³-hybridized carbons (Fsp3) is 0.114. The highest BCUT2D eigenvalue weighted by molar-refractivity contribution is 5.98. The van der Waals surface area contributed by atoms with Crippen molar-refractivity contribution in [3.8, 4) is 16.9 Å². The minimum Gasteiger partial charge on any atom is -0.493 e. The topological polar surface area (TPSA) is 51.5 Å². The maximum absolute atomic E-state index is 12.7. The van der Waals surface area contributed by atoms with E-state index in [4.69, 9.17) is 4.74 Å². The van der Waals surface area contributed by atoms with Crippen molar-refractivity contribution >= 4 is 27.6 Å². The van der Waals surface area contributed by atoms with Gasteiger partial charge in [-0.05, 0) is 52.6 Å². The molecular formula is C35H29NO3. The van der Waals surface area contributed by atoms with E-state index in [1.165, 1.54) is 0 Å². The molecule has 0 spiro atoms. The van der Waals surface area contributed by atoms with E-state index < -0.39 is 5.97 Å². The van der Waals surface area contributed by atoms with E-state index in [1.54, 1.807) is 0 Å². The average Bonchev–Trinajstić information content (AvgIpc) is 3.29. The molecule has 4 nitrogen and oxygen atoms in total. The number of benzene rings is 5. The fourth-order valence-corrected chi connectivity index (χ4v) is 5.52. The molecule has 0 unspecified atom stereocenters. The van der Waals surface area contributed by atoms with E-state index in [9.17, 15) is 9.90 Å². The van der Waals surface area contributed by atoms with Gasteiger partial charge in [0, 0.05) is 22.8 Å². The summed E-state index contributed by atoms with van der Waals surface area (Å²) in [5.41, 5.74) is 5.45. The molecule has 0 atom stereocenters. The molecule has 0 saturated heterocycles. The van der Waals surface area contributed by atoms with Crippen LogP contribution in [0.5, 0.6) is 5.75 Å². The molecule has 0 fully saturated rings. The number of hydrogen-bond acceptors (Lipinski definition) is 2. The van der Waals surface area contributed by atoms with Gasteiger partial charge in [0.25, 0.3) is 0 Å². The predicted octanol–water partition coefficient (Wildman–Crippen LogP) is 8.22. The normalized spacial score (nSPS) is 11.2. The molecule has 39 heavy (non-hydrogen) atoms. The van der Waals surface area contributed by atoms with Crippen molar-refractivity contribution in [2.45, 2.75) is 19.4 Å². The highest BCUT2D eigenvalue weighted by atomic mass is 16.5. The van der Waals surface area contributed by atoms with Crippen molar-refractivity contribution in [3.63, 3.8) is 0 Å². The molecule has 4 heteroatoms. The number of carboxylic acid groups (broad SMARTS) is 1. The first-order chi connectivity index (χ1) is 19.2. The molecule has 0 bridgehead atoms. The van der Waals surface area contributed by atoms with Crippen molar-refractivity contribution in [1.29, 1.82) is 0 Å². The fourth-order valence-electron chi connectivity index (χ4n) is 5.52. The number of fused-ring (bicyclic) bond motifs is 2. The Morgan fingerprint density at radius 2 is 1.41 bits per heavy atom. The summed E-state index contributed by atoms with van der Waals surface area (Å²) in [4.78, 5) is 12.7. The summed E-state index contributed by atoms with van der Waals surface area (Å²) in [7, 11) is 0. The van der Waals surface area contributed by atoms with Gasteiger partial charge in [0.2, 0.25) is 0 Å². The van der Waals surface area contributed by atoms with Gasteiger partial charge in [-0.25, -0.2) is 4.79 Å². The Kier molecular flexibility index (Phi) is 6.84. The quantitative estimate of drug-likeness (QED) is 0.199. The lowest BCUT2D eigenvalue weighted by molar-refractivity contribution is 0.0684. The third-order valence-electron chi connectivity index (χ3n) is 7.29. The Labute approximate surface area is 227 Å². The number of para-hydroxylation sites is 1. The molecule has 1 N–H and O–H groups in total. The Hall–Kier alpha value is -4.83. The van der Waals surface area contributed by atoms with Crippen molar-refractivity contribution in [3.05, 3.63) is 138 Å². The Morgan fingerprint density at radius 3 is 2.26 bits per heavy atom. The standard InChI is InChI=1S/C35H29NO3/c37-35(38)34-31(20-11-23-39-33-22-10-16-26-14-4-7-18-29(26)33)30-19-8-9-21-32(30)36(34)24-27-15-5-6-17-28(27)25-12-2-1-3-13-25/h1-10,12-19,21-22H,11,20,23-24H2,(H,37,38). The van der Waals surface area contributed by atoms with Crippen molar-refractivity contribution in [2.75, 3.05) is 6.61 Å². The van der Waals surface area contributed by atoms with E-state index in [-0.39, 0.29) is 0 Å². The zero-order valence-electron chi connectivity index (χ0n) is 21.6. The molecule has 192 valence electrons. The molecule has 1 heterocycles. The minimum absolute atomic E-state index is 0.351. The Morgan fingerprint density at radius 1 is 0.718 bits per heavy atom. The molecule has 0 aliphatic carbocycles. The number of aromatic nitrogens is 1. The van der Waals surface area contributed by atoms with Gasteiger partial charge in [0.15, 0.2) is 0 Å². The first kappa shape index (κ1) is 24.5. The number of carbonyl (C=O) groups is 1. The van der Waals surface area contributed by atoms with Crippen LogP contribution in [0.2, 0.25) is 0 Å². The maximum atomic E-state index is 12.7. The number of hydrogen-bond donors (Lipinski definition) is 1. The lowest BCUT2D eigenvalue weighted by Gasteiger charge is -2.14. The SMILES string of the molecule is O=C(O)c1c(CCCOc2cccc3ccccc23)c2ccccc2n1Cc1ccccc1-c1ccccc1. The van der Waals surface area contributed by atoms with Crippen LogP contribution in [0.15, 0.2) is 121 Å². The van der Waals surface area contributed by atoms with Crippen molar-refractivity contribution < 1.29 is 14.6 Å². The van der Waals surface area contributed by atoms with Crippen LogP contribution in [0.25, 0.3) is 32.8 Å². The third kappa shape index (κ3) is 4.89. The van der Waals surface area contributed by atoms with Crippen molar-refractivity contribution in [2.24, 2.45) is 0 Å². The van der Waals surface area contributed by atoms with Crippen LogP contribution in [0.3, 0.4) is 0 Å². The van der Waals surface area contributed by atoms with Crippen LogP contribution in [-0.2, 0) is 13.0 Å². The van der Waals surface area contributed by atoms with Gasteiger partial charge < -0.3 is 14.4 Å². The van der Waals surface area contributed by atoms with Crippen molar-refractivity contribution in [1.82, 2.24) is 4.57 Å². The number of aryl methyl sites for hydroxylation is 1. The molecule has 6 aromatic rings. The van der Waals surface area contributed by atoms with E-state index in [0.29, 0.717) is 31.7 Å². The van der Waals surface area contributed by atoms with Crippen LogP contribution in [0, 0.1) is 0 Å². The number of nitrogens with zero attached hydrogens (tertiary/aromatic N) is 1. The first-order valence-electron chi connectivity index (χ1n) is 13.3. The molecule has 5 aromatic carbocycles. The lowest BCUT2D eigenvalue weighted by atomic mass is 9.99. The molecule has 0 amide bonds. The molecule has 0 saturated carbocycles. The number of carboxylic acids is 1. The smallest absolute Gasteiger partial charge is 0.352 e. The summed E-state index contributed by atoms with van der Waals surface area (Å²) in [5.74, 6) is -0.0557. The number of rotatable bonds is 9. The zero-order chi connectivity index (χ0) is 26.6. The second kappa shape index (κ2) is 10.9. The summed E-state index contributed by atoms with van der Waals surface area (Å²) >= 11 is 0. The maximum Gasteiger partial charge on any atom is 0.352 e. The van der Waals surface area contributed by atoms with Gasteiger partial charge in [-0.3, -0.25) is 0 Å². The predicted molar refractivity (Wildman–Crippen MR) is 158 cm³/mol. The van der Waals surface area contributed by atoms with E-state index in [2.05, 4.69) is 42.5 Å². The van der Waals surface area contributed by atoms with Crippen LogP contribution in [-0.4, -0.2) is 22.2 Å². The number of aromatic carboxylic acids is 1. The van der Waals surface area contributed by atoms with Gasteiger partial charge >= 0.3 is 5.97 Å². The number of ether oxygens (including phenoxy) is 1. The van der Waals surface area contributed by atoms with E-state index in [0.717, 1.165) is 49.7 Å². The van der Waals surface area contributed by atoms with Gasteiger partial charge in [-0.1, -0.05) is 109 Å².